The van der Waals surface area contributed by atoms with Crippen LogP contribution >= 0.6 is 11.3 Å². The van der Waals surface area contributed by atoms with Crippen LogP contribution in [0.15, 0.2) is 65.1 Å². The molecule has 0 aliphatic heterocycles. The number of pyridine rings is 1. The number of hydrogen-bond acceptors (Lipinski definition) is 6. The van der Waals surface area contributed by atoms with Gasteiger partial charge in [-0.05, 0) is 55.5 Å². The van der Waals surface area contributed by atoms with Crippen LogP contribution in [0.3, 0.4) is 0 Å². The highest BCUT2D eigenvalue weighted by Gasteiger charge is 2.26. The Balaban J connectivity index is 1.56. The molecule has 3 aromatic heterocycles. The highest BCUT2D eigenvalue weighted by molar-refractivity contribution is 7.92. The van der Waals surface area contributed by atoms with Gasteiger partial charge in [0.2, 0.25) is 0 Å². The largest absolute Gasteiger partial charge is 0.332 e. The summed E-state index contributed by atoms with van der Waals surface area (Å²) in [5.41, 5.74) is 4.05. The first-order valence-electron chi connectivity index (χ1n) is 12.0. The van der Waals surface area contributed by atoms with Crippen LogP contribution in [0.1, 0.15) is 41.5 Å². The van der Waals surface area contributed by atoms with Gasteiger partial charge >= 0.3 is 6.03 Å². The zero-order chi connectivity index (χ0) is 26.6. The van der Waals surface area contributed by atoms with Gasteiger partial charge in [0.1, 0.15) is 10.0 Å². The molecular weight excluding hydrogens is 506 g/mol. The number of nitrogens with zero attached hydrogens (tertiary/aromatic N) is 3. The lowest BCUT2D eigenvalue weighted by molar-refractivity contribution is 0.245. The molecule has 0 saturated carbocycles. The summed E-state index contributed by atoms with van der Waals surface area (Å²) in [5, 5.41) is 2.57. The van der Waals surface area contributed by atoms with Gasteiger partial charge in [-0.2, -0.15) is 0 Å². The van der Waals surface area contributed by atoms with Crippen LogP contribution in [-0.2, 0) is 29.5 Å². The van der Waals surface area contributed by atoms with E-state index in [-0.39, 0.29) is 10.8 Å². The third kappa shape index (κ3) is 6.84. The Labute approximate surface area is 221 Å². The summed E-state index contributed by atoms with van der Waals surface area (Å²) in [4.78, 5) is 22.0. The van der Waals surface area contributed by atoms with Crippen molar-refractivity contribution < 1.29 is 13.2 Å². The SMILES string of the molecule is Cc1cn(Cc2ccc(-c3cc(CC(C)C)sc3S(=O)(=O)NC(=O)NCc3ccccn3)cc2)c(C)n1. The number of benzene rings is 1. The van der Waals surface area contributed by atoms with Crippen LogP contribution in [0.5, 0.6) is 0 Å². The highest BCUT2D eigenvalue weighted by atomic mass is 32.2. The van der Waals surface area contributed by atoms with Crippen LogP contribution in [0.25, 0.3) is 11.1 Å². The van der Waals surface area contributed by atoms with Crippen molar-refractivity contribution in [3.63, 3.8) is 0 Å². The highest BCUT2D eigenvalue weighted by Crippen LogP contribution is 2.36. The van der Waals surface area contributed by atoms with Crippen molar-refractivity contribution in [3.8, 4) is 11.1 Å². The zero-order valence-corrected chi connectivity index (χ0v) is 23.0. The molecule has 194 valence electrons. The maximum atomic E-state index is 13.3. The summed E-state index contributed by atoms with van der Waals surface area (Å²) in [6.07, 6.45) is 4.37. The molecule has 0 bridgehead atoms. The molecule has 2 N–H and O–H groups in total. The number of hydrogen-bond donors (Lipinski definition) is 2. The van der Waals surface area contributed by atoms with Gasteiger partial charge in [-0.3, -0.25) is 4.98 Å². The van der Waals surface area contributed by atoms with Gasteiger partial charge in [0.15, 0.2) is 0 Å². The number of amides is 2. The Bertz CT molecular complexity index is 1470. The number of sulfonamides is 1. The molecule has 0 unspecified atom stereocenters. The predicted octanol–water partition coefficient (Wildman–Crippen LogP) is 5.06. The molecular formula is C27H31N5O3S2. The Morgan fingerprint density at radius 2 is 1.86 bits per heavy atom. The molecule has 8 nitrogen and oxygen atoms in total. The molecule has 0 aliphatic carbocycles. The standard InChI is InChI=1S/C27H31N5O3S2/c1-18(2)13-24-14-25(22-10-8-21(9-11-22)17-32-16-19(3)30-20(32)4)26(36-24)37(34,35)31-27(33)29-15-23-7-5-6-12-28-23/h5-12,14,16,18H,13,15,17H2,1-4H3,(H2,29,31,33). The first kappa shape index (κ1) is 26.6. The Morgan fingerprint density at radius 3 is 2.49 bits per heavy atom. The summed E-state index contributed by atoms with van der Waals surface area (Å²) < 4.78 is 31.0. The van der Waals surface area contributed by atoms with E-state index >= 15 is 0 Å². The van der Waals surface area contributed by atoms with E-state index in [4.69, 9.17) is 0 Å². The van der Waals surface area contributed by atoms with Gasteiger partial charge in [-0.15, -0.1) is 11.3 Å². The molecule has 0 aliphatic rings. The van der Waals surface area contributed by atoms with Crippen molar-refractivity contribution in [3.05, 3.63) is 88.6 Å². The number of aromatic nitrogens is 3. The lowest BCUT2D eigenvalue weighted by Gasteiger charge is -2.10. The number of nitrogens with one attached hydrogen (secondary N) is 2. The summed E-state index contributed by atoms with van der Waals surface area (Å²) in [6, 6.07) is 14.3. The summed E-state index contributed by atoms with van der Waals surface area (Å²) >= 11 is 1.20. The molecule has 0 fully saturated rings. The third-order valence-electron chi connectivity index (χ3n) is 5.70. The minimum Gasteiger partial charge on any atom is -0.332 e. The number of carbonyl (C=O) groups is 1. The number of urea groups is 1. The minimum absolute atomic E-state index is 0.121. The first-order chi connectivity index (χ1) is 17.6. The first-order valence-corrected chi connectivity index (χ1v) is 14.3. The van der Waals surface area contributed by atoms with Crippen molar-refractivity contribution in [2.45, 2.75) is 51.4 Å². The second kappa shape index (κ2) is 11.3. The Morgan fingerprint density at radius 1 is 1.11 bits per heavy atom. The molecule has 37 heavy (non-hydrogen) atoms. The van der Waals surface area contributed by atoms with Crippen molar-refractivity contribution in [2.24, 2.45) is 5.92 Å². The summed E-state index contributed by atoms with van der Waals surface area (Å²) in [7, 11) is -4.10. The molecule has 0 spiro atoms. The average molecular weight is 538 g/mol. The second-order valence-corrected chi connectivity index (χ2v) is 12.4. The lowest BCUT2D eigenvalue weighted by atomic mass is 10.0. The van der Waals surface area contributed by atoms with Crippen molar-refractivity contribution in [2.75, 3.05) is 0 Å². The molecule has 0 radical (unpaired) electrons. The molecule has 0 saturated heterocycles. The number of rotatable bonds is 9. The van der Waals surface area contributed by atoms with Crippen LogP contribution in [0.4, 0.5) is 4.79 Å². The molecule has 4 rings (SSSR count). The van der Waals surface area contributed by atoms with E-state index in [1.54, 1.807) is 24.4 Å². The fraction of sp³-hybridized carbons (Fsp3) is 0.296. The predicted molar refractivity (Wildman–Crippen MR) is 146 cm³/mol. The number of aryl methyl sites for hydroxylation is 2. The van der Waals surface area contributed by atoms with E-state index in [9.17, 15) is 13.2 Å². The van der Waals surface area contributed by atoms with Gasteiger partial charge in [0.25, 0.3) is 10.0 Å². The fourth-order valence-corrected chi connectivity index (χ4v) is 6.90. The van der Waals surface area contributed by atoms with Gasteiger partial charge in [-0.1, -0.05) is 44.2 Å². The van der Waals surface area contributed by atoms with Crippen molar-refractivity contribution in [1.82, 2.24) is 24.6 Å². The van der Waals surface area contributed by atoms with Crippen LogP contribution in [-0.4, -0.2) is 29.0 Å². The van der Waals surface area contributed by atoms with E-state index in [0.29, 0.717) is 23.7 Å². The fourth-order valence-electron chi connectivity index (χ4n) is 4.02. The maximum absolute atomic E-state index is 13.3. The monoisotopic (exact) mass is 537 g/mol. The number of thiophene rings is 1. The smallest absolute Gasteiger partial charge is 0.329 e. The minimum atomic E-state index is -4.10. The van der Waals surface area contributed by atoms with Gasteiger partial charge in [-0.25, -0.2) is 22.9 Å². The number of carbonyl (C=O) groups excluding carboxylic acids is 1. The van der Waals surface area contributed by atoms with Crippen LogP contribution in [0.2, 0.25) is 0 Å². The average Bonchev–Trinajstić information content (AvgIpc) is 3.41. The van der Waals surface area contributed by atoms with E-state index in [0.717, 1.165) is 33.9 Å². The van der Waals surface area contributed by atoms with E-state index in [1.165, 1.54) is 11.3 Å². The van der Waals surface area contributed by atoms with E-state index in [1.807, 2.05) is 50.4 Å². The van der Waals surface area contributed by atoms with Gasteiger partial charge in [0.05, 0.1) is 17.9 Å². The van der Waals surface area contributed by atoms with E-state index in [2.05, 4.69) is 38.4 Å². The zero-order valence-electron chi connectivity index (χ0n) is 21.4. The molecule has 10 heteroatoms. The van der Waals surface area contributed by atoms with Gasteiger partial charge < -0.3 is 9.88 Å². The van der Waals surface area contributed by atoms with E-state index < -0.39 is 16.1 Å². The quantitative estimate of drug-likeness (QED) is 0.311. The molecule has 2 amide bonds. The topological polar surface area (TPSA) is 106 Å². The Kier molecular flexibility index (Phi) is 8.09. The van der Waals surface area contributed by atoms with Crippen LogP contribution in [0, 0.1) is 19.8 Å². The molecule has 1 aromatic carbocycles. The third-order valence-corrected chi connectivity index (χ3v) is 8.72. The van der Waals surface area contributed by atoms with Crippen molar-refractivity contribution >= 4 is 27.4 Å². The number of imidazole rings is 1. The maximum Gasteiger partial charge on any atom is 0.329 e. The van der Waals surface area contributed by atoms with Gasteiger partial charge in [0, 0.05) is 29.4 Å². The summed E-state index contributed by atoms with van der Waals surface area (Å²) in [5.74, 6) is 1.31. The summed E-state index contributed by atoms with van der Waals surface area (Å²) in [6.45, 7) is 8.91. The molecule has 0 atom stereocenters. The Hall–Kier alpha value is -3.50. The molecule has 3 heterocycles. The van der Waals surface area contributed by atoms with Crippen LogP contribution < -0.4 is 10.0 Å². The normalized spacial score (nSPS) is 11.6. The second-order valence-electron chi connectivity index (χ2n) is 9.38. The molecule has 4 aromatic rings. The van der Waals surface area contributed by atoms with Crippen molar-refractivity contribution in [1.29, 1.82) is 0 Å². The lowest BCUT2D eigenvalue weighted by Crippen LogP contribution is -2.39.